The van der Waals surface area contributed by atoms with E-state index >= 15 is 0 Å². The number of benzene rings is 1. The van der Waals surface area contributed by atoms with Gasteiger partial charge in [-0.15, -0.1) is 0 Å². The molecule has 0 bridgehead atoms. The van der Waals surface area contributed by atoms with Gasteiger partial charge in [0.1, 0.15) is 5.75 Å². The van der Waals surface area contributed by atoms with Gasteiger partial charge in [0.05, 0.1) is 5.02 Å². The number of anilines is 1. The average molecular weight is 278 g/mol. The Morgan fingerprint density at radius 2 is 2.00 bits per heavy atom. The van der Waals surface area contributed by atoms with Gasteiger partial charge in [-0.2, -0.15) is 8.78 Å². The molecule has 0 heterocycles. The summed E-state index contributed by atoms with van der Waals surface area (Å²) in [7, 11) is 0. The predicted octanol–water partition coefficient (Wildman–Crippen LogP) is 4.79. The molecule has 1 atom stereocenters. The van der Waals surface area contributed by atoms with Crippen molar-refractivity contribution in [2.24, 2.45) is 5.92 Å². The summed E-state index contributed by atoms with van der Waals surface area (Å²) in [4.78, 5) is 0. The molecular formula is C13H18ClF2NO. The number of halogens is 3. The highest BCUT2D eigenvalue weighted by Gasteiger charge is 2.13. The smallest absolute Gasteiger partial charge is 0.387 e. The molecule has 1 aromatic rings. The Morgan fingerprint density at radius 3 is 2.44 bits per heavy atom. The van der Waals surface area contributed by atoms with Crippen molar-refractivity contribution in [3.8, 4) is 5.75 Å². The zero-order valence-corrected chi connectivity index (χ0v) is 11.5. The summed E-state index contributed by atoms with van der Waals surface area (Å²) in [6, 6.07) is 5.06. The van der Waals surface area contributed by atoms with Gasteiger partial charge in [-0.1, -0.05) is 32.4 Å². The van der Waals surface area contributed by atoms with Crippen LogP contribution in [-0.4, -0.2) is 12.7 Å². The predicted molar refractivity (Wildman–Crippen MR) is 70.6 cm³/mol. The molecule has 0 aliphatic heterocycles. The third-order valence-corrected chi connectivity index (χ3v) is 3.04. The lowest BCUT2D eigenvalue weighted by molar-refractivity contribution is -0.0497. The van der Waals surface area contributed by atoms with Crippen LogP contribution in [0.25, 0.3) is 0 Å². The topological polar surface area (TPSA) is 21.3 Å². The van der Waals surface area contributed by atoms with Gasteiger partial charge in [-0.25, -0.2) is 0 Å². The Kier molecular flexibility index (Phi) is 5.66. The Hall–Kier alpha value is -1.03. The van der Waals surface area contributed by atoms with Crippen molar-refractivity contribution in [3.63, 3.8) is 0 Å². The molecular weight excluding hydrogens is 260 g/mol. The van der Waals surface area contributed by atoms with E-state index in [0.717, 1.165) is 12.1 Å². The third kappa shape index (κ3) is 4.33. The summed E-state index contributed by atoms with van der Waals surface area (Å²) in [5.74, 6) is 0.473. The van der Waals surface area contributed by atoms with E-state index in [-0.39, 0.29) is 10.8 Å². The summed E-state index contributed by atoms with van der Waals surface area (Å²) in [5.41, 5.74) is 0.808. The Bertz CT molecular complexity index is 385. The van der Waals surface area contributed by atoms with Crippen LogP contribution in [0.2, 0.25) is 5.02 Å². The molecule has 1 aromatic carbocycles. The number of hydrogen-bond donors (Lipinski definition) is 1. The van der Waals surface area contributed by atoms with Gasteiger partial charge in [0.2, 0.25) is 0 Å². The Morgan fingerprint density at radius 1 is 1.33 bits per heavy atom. The molecule has 0 spiro atoms. The summed E-state index contributed by atoms with van der Waals surface area (Å²) < 4.78 is 28.4. The van der Waals surface area contributed by atoms with E-state index in [1.165, 1.54) is 6.07 Å². The average Bonchev–Trinajstić information content (AvgIpc) is 2.28. The maximum Gasteiger partial charge on any atom is 0.387 e. The van der Waals surface area contributed by atoms with Crippen LogP contribution in [0.15, 0.2) is 18.2 Å². The lowest BCUT2D eigenvalue weighted by atomic mass is 10.0. The fourth-order valence-corrected chi connectivity index (χ4v) is 1.96. The highest BCUT2D eigenvalue weighted by molar-refractivity contribution is 6.32. The second-order valence-corrected chi connectivity index (χ2v) is 4.83. The van der Waals surface area contributed by atoms with E-state index in [1.807, 2.05) is 0 Å². The first-order valence-electron chi connectivity index (χ1n) is 5.95. The molecule has 2 nitrogen and oxygen atoms in total. The highest BCUT2D eigenvalue weighted by Crippen LogP contribution is 2.29. The maximum absolute atomic E-state index is 12.1. The van der Waals surface area contributed by atoms with Crippen molar-refractivity contribution in [3.05, 3.63) is 23.2 Å². The number of nitrogens with one attached hydrogen (secondary N) is 1. The number of alkyl halides is 2. The van der Waals surface area contributed by atoms with Crippen molar-refractivity contribution in [2.45, 2.75) is 39.8 Å². The van der Waals surface area contributed by atoms with Gasteiger partial charge < -0.3 is 10.1 Å². The van der Waals surface area contributed by atoms with Crippen LogP contribution in [-0.2, 0) is 0 Å². The minimum absolute atomic E-state index is 0.00480. The first-order valence-corrected chi connectivity index (χ1v) is 6.32. The summed E-state index contributed by atoms with van der Waals surface area (Å²) in [6.45, 7) is 3.47. The standard InChI is InChI=1S/C13H18ClF2NO/c1-4-11(8(2)3)17-9-5-6-12(10(14)7-9)18-13(15)16/h5-8,11,13,17H,4H2,1-3H3. The minimum atomic E-state index is -2.86. The minimum Gasteiger partial charge on any atom is -0.433 e. The molecule has 0 fully saturated rings. The van der Waals surface area contributed by atoms with Gasteiger partial charge >= 0.3 is 6.61 Å². The molecule has 0 amide bonds. The van der Waals surface area contributed by atoms with E-state index < -0.39 is 6.61 Å². The Labute approximate surface area is 111 Å². The van der Waals surface area contributed by atoms with Gasteiger partial charge in [-0.3, -0.25) is 0 Å². The lowest BCUT2D eigenvalue weighted by Crippen LogP contribution is -2.24. The molecule has 0 saturated carbocycles. The van der Waals surface area contributed by atoms with Crippen LogP contribution in [0.5, 0.6) is 5.75 Å². The third-order valence-electron chi connectivity index (χ3n) is 2.74. The molecule has 1 unspecified atom stereocenters. The van der Waals surface area contributed by atoms with Crippen LogP contribution in [0.4, 0.5) is 14.5 Å². The second kappa shape index (κ2) is 6.78. The quantitative estimate of drug-likeness (QED) is 0.807. The van der Waals surface area contributed by atoms with E-state index in [0.29, 0.717) is 12.0 Å². The van der Waals surface area contributed by atoms with Crippen LogP contribution < -0.4 is 10.1 Å². The van der Waals surface area contributed by atoms with Crippen LogP contribution in [0, 0.1) is 5.92 Å². The fraction of sp³-hybridized carbons (Fsp3) is 0.538. The van der Waals surface area contributed by atoms with Gasteiger partial charge in [0.15, 0.2) is 0 Å². The molecule has 1 rings (SSSR count). The van der Waals surface area contributed by atoms with Crippen molar-refractivity contribution in [1.82, 2.24) is 0 Å². The van der Waals surface area contributed by atoms with Gasteiger partial charge in [-0.05, 0) is 30.5 Å². The van der Waals surface area contributed by atoms with E-state index in [1.54, 1.807) is 12.1 Å². The van der Waals surface area contributed by atoms with Crippen molar-refractivity contribution < 1.29 is 13.5 Å². The number of ether oxygens (including phenoxy) is 1. The van der Waals surface area contributed by atoms with Crippen LogP contribution >= 0.6 is 11.6 Å². The summed E-state index contributed by atoms with van der Waals surface area (Å²) >= 11 is 5.88. The monoisotopic (exact) mass is 277 g/mol. The van der Waals surface area contributed by atoms with Crippen molar-refractivity contribution in [1.29, 1.82) is 0 Å². The molecule has 0 saturated heterocycles. The van der Waals surface area contributed by atoms with E-state index in [2.05, 4.69) is 30.8 Å². The van der Waals surface area contributed by atoms with Crippen molar-refractivity contribution in [2.75, 3.05) is 5.32 Å². The SMILES string of the molecule is CCC(Nc1ccc(OC(F)F)c(Cl)c1)C(C)C. The normalized spacial score (nSPS) is 12.9. The number of hydrogen-bond acceptors (Lipinski definition) is 2. The zero-order chi connectivity index (χ0) is 13.7. The maximum atomic E-state index is 12.1. The molecule has 18 heavy (non-hydrogen) atoms. The van der Waals surface area contributed by atoms with E-state index in [4.69, 9.17) is 11.6 Å². The van der Waals surface area contributed by atoms with E-state index in [9.17, 15) is 8.78 Å². The molecule has 102 valence electrons. The van der Waals surface area contributed by atoms with Gasteiger partial charge in [0, 0.05) is 11.7 Å². The summed E-state index contributed by atoms with van der Waals surface area (Å²) in [5, 5.41) is 3.50. The molecule has 0 aliphatic carbocycles. The largest absolute Gasteiger partial charge is 0.433 e. The molecule has 0 aliphatic rings. The summed E-state index contributed by atoms with van der Waals surface area (Å²) in [6.07, 6.45) is 0.977. The van der Waals surface area contributed by atoms with Crippen LogP contribution in [0.3, 0.4) is 0 Å². The fourth-order valence-electron chi connectivity index (χ4n) is 1.74. The molecule has 0 radical (unpaired) electrons. The zero-order valence-electron chi connectivity index (χ0n) is 10.7. The molecule has 1 N–H and O–H groups in total. The highest BCUT2D eigenvalue weighted by atomic mass is 35.5. The second-order valence-electron chi connectivity index (χ2n) is 4.43. The van der Waals surface area contributed by atoms with Crippen LogP contribution in [0.1, 0.15) is 27.2 Å². The van der Waals surface area contributed by atoms with Gasteiger partial charge in [0.25, 0.3) is 0 Å². The molecule has 0 aromatic heterocycles. The number of rotatable bonds is 6. The van der Waals surface area contributed by atoms with Crippen molar-refractivity contribution >= 4 is 17.3 Å². The molecule has 5 heteroatoms. The Balaban J connectivity index is 2.77. The first-order chi connectivity index (χ1) is 8.43. The first kappa shape index (κ1) is 15.0. The lowest BCUT2D eigenvalue weighted by Gasteiger charge is -2.22.